The molecule has 1 aliphatic heterocycles. The Morgan fingerprint density at radius 3 is 2.64 bits per heavy atom. The quantitative estimate of drug-likeness (QED) is 0.596. The van der Waals surface area contributed by atoms with Crippen LogP contribution in [0, 0.1) is 0 Å². The van der Waals surface area contributed by atoms with E-state index in [1.807, 2.05) is 54.6 Å². The SMILES string of the molecule is CNC(=O)CN(C)Cc1ccc(NC(=O)NCC2=CCNC=C2)cc1. The minimum atomic E-state index is -0.239. The maximum Gasteiger partial charge on any atom is 0.319 e. The number of nitrogens with one attached hydrogen (secondary N) is 4. The van der Waals surface area contributed by atoms with Crippen LogP contribution in [0.3, 0.4) is 0 Å². The molecule has 0 saturated heterocycles. The lowest BCUT2D eigenvalue weighted by molar-refractivity contribution is -0.121. The summed E-state index contributed by atoms with van der Waals surface area (Å²) in [5.74, 6) is -0.0174. The van der Waals surface area contributed by atoms with E-state index in [-0.39, 0.29) is 11.9 Å². The number of urea groups is 1. The molecular formula is C18H25N5O2. The fourth-order valence-corrected chi connectivity index (χ4v) is 2.37. The first-order valence-electron chi connectivity index (χ1n) is 8.18. The van der Waals surface area contributed by atoms with Gasteiger partial charge in [-0.15, -0.1) is 0 Å². The number of dihydropyridines is 1. The van der Waals surface area contributed by atoms with E-state index in [1.165, 1.54) is 0 Å². The minimum Gasteiger partial charge on any atom is -0.387 e. The predicted molar refractivity (Wildman–Crippen MR) is 99.1 cm³/mol. The normalized spacial score (nSPS) is 13.0. The number of amides is 3. The number of rotatable bonds is 7. The van der Waals surface area contributed by atoms with Gasteiger partial charge in [0, 0.05) is 32.4 Å². The van der Waals surface area contributed by atoms with Gasteiger partial charge in [0.05, 0.1) is 6.54 Å². The molecule has 0 spiro atoms. The van der Waals surface area contributed by atoms with Gasteiger partial charge in [-0.05, 0) is 42.6 Å². The van der Waals surface area contributed by atoms with Crippen molar-refractivity contribution in [3.8, 4) is 0 Å². The van der Waals surface area contributed by atoms with Gasteiger partial charge < -0.3 is 21.3 Å². The van der Waals surface area contributed by atoms with Crippen molar-refractivity contribution in [2.24, 2.45) is 0 Å². The number of likely N-dealkylation sites (N-methyl/N-ethyl adjacent to an activating group) is 2. The molecule has 1 aromatic rings. The zero-order valence-electron chi connectivity index (χ0n) is 14.6. The van der Waals surface area contributed by atoms with Crippen LogP contribution in [0.5, 0.6) is 0 Å². The molecule has 25 heavy (non-hydrogen) atoms. The monoisotopic (exact) mass is 343 g/mol. The third kappa shape index (κ3) is 6.68. The van der Waals surface area contributed by atoms with Gasteiger partial charge in [0.2, 0.25) is 5.91 Å². The second-order valence-electron chi connectivity index (χ2n) is 5.87. The molecule has 0 radical (unpaired) electrons. The Morgan fingerprint density at radius 1 is 1.24 bits per heavy atom. The highest BCUT2D eigenvalue weighted by atomic mass is 16.2. The van der Waals surface area contributed by atoms with Crippen molar-refractivity contribution in [1.82, 2.24) is 20.9 Å². The lowest BCUT2D eigenvalue weighted by Gasteiger charge is -2.16. The highest BCUT2D eigenvalue weighted by molar-refractivity contribution is 5.89. The van der Waals surface area contributed by atoms with E-state index in [2.05, 4.69) is 21.3 Å². The van der Waals surface area contributed by atoms with Crippen LogP contribution in [0.25, 0.3) is 0 Å². The van der Waals surface area contributed by atoms with Crippen LogP contribution >= 0.6 is 0 Å². The van der Waals surface area contributed by atoms with Gasteiger partial charge in [-0.1, -0.05) is 18.2 Å². The summed E-state index contributed by atoms with van der Waals surface area (Å²) in [5, 5.41) is 11.3. The van der Waals surface area contributed by atoms with Crippen molar-refractivity contribution in [3.63, 3.8) is 0 Å². The molecular weight excluding hydrogens is 318 g/mol. The van der Waals surface area contributed by atoms with E-state index in [0.717, 1.165) is 23.4 Å². The zero-order valence-corrected chi connectivity index (χ0v) is 14.6. The van der Waals surface area contributed by atoms with Crippen LogP contribution in [0.15, 0.2) is 48.2 Å². The van der Waals surface area contributed by atoms with Crippen LogP contribution in [-0.2, 0) is 11.3 Å². The molecule has 134 valence electrons. The van der Waals surface area contributed by atoms with Crippen LogP contribution in [0.2, 0.25) is 0 Å². The first kappa shape index (κ1) is 18.5. The van der Waals surface area contributed by atoms with Crippen LogP contribution < -0.4 is 21.3 Å². The molecule has 0 bridgehead atoms. The van der Waals surface area contributed by atoms with Gasteiger partial charge >= 0.3 is 6.03 Å². The molecule has 0 atom stereocenters. The molecule has 0 unspecified atom stereocenters. The largest absolute Gasteiger partial charge is 0.387 e. The maximum absolute atomic E-state index is 11.9. The summed E-state index contributed by atoms with van der Waals surface area (Å²) in [6.45, 7) is 2.28. The molecule has 2 rings (SSSR count). The molecule has 0 aromatic heterocycles. The summed E-state index contributed by atoms with van der Waals surface area (Å²) in [5.41, 5.74) is 2.87. The highest BCUT2D eigenvalue weighted by Gasteiger charge is 2.06. The summed E-state index contributed by atoms with van der Waals surface area (Å²) in [6.07, 6.45) is 5.84. The number of carbonyl (C=O) groups is 2. The molecule has 1 aliphatic rings. The van der Waals surface area contributed by atoms with Crippen molar-refractivity contribution in [3.05, 3.63) is 53.8 Å². The van der Waals surface area contributed by atoms with Gasteiger partial charge in [-0.25, -0.2) is 4.79 Å². The minimum absolute atomic E-state index is 0.0174. The van der Waals surface area contributed by atoms with Gasteiger partial charge in [-0.3, -0.25) is 9.69 Å². The number of hydrogen-bond donors (Lipinski definition) is 4. The van der Waals surface area contributed by atoms with Gasteiger partial charge in [0.25, 0.3) is 0 Å². The molecule has 4 N–H and O–H groups in total. The fourth-order valence-electron chi connectivity index (χ4n) is 2.37. The molecule has 7 heteroatoms. The van der Waals surface area contributed by atoms with Crippen LogP contribution in [0.1, 0.15) is 5.56 Å². The summed E-state index contributed by atoms with van der Waals surface area (Å²) in [6, 6.07) is 7.35. The Hall–Kier alpha value is -2.80. The Kier molecular flexibility index (Phi) is 7.03. The number of anilines is 1. The molecule has 0 aliphatic carbocycles. The highest BCUT2D eigenvalue weighted by Crippen LogP contribution is 2.11. The fraction of sp³-hybridized carbons (Fsp3) is 0.333. The number of carbonyl (C=O) groups excluding carboxylic acids is 2. The van der Waals surface area contributed by atoms with E-state index in [0.29, 0.717) is 19.6 Å². The van der Waals surface area contributed by atoms with E-state index in [9.17, 15) is 9.59 Å². The summed E-state index contributed by atoms with van der Waals surface area (Å²) in [4.78, 5) is 25.2. The van der Waals surface area contributed by atoms with Crippen molar-refractivity contribution >= 4 is 17.6 Å². The second kappa shape index (κ2) is 9.48. The Bertz CT molecular complexity index is 652. The lowest BCUT2D eigenvalue weighted by atomic mass is 10.2. The summed E-state index contributed by atoms with van der Waals surface area (Å²) < 4.78 is 0. The molecule has 7 nitrogen and oxygen atoms in total. The van der Waals surface area contributed by atoms with E-state index in [4.69, 9.17) is 0 Å². The second-order valence-corrected chi connectivity index (χ2v) is 5.87. The molecule has 0 saturated carbocycles. The lowest BCUT2D eigenvalue weighted by Crippen LogP contribution is -2.32. The third-order valence-electron chi connectivity index (χ3n) is 3.71. The van der Waals surface area contributed by atoms with Gasteiger partial charge in [-0.2, -0.15) is 0 Å². The molecule has 1 heterocycles. The topological polar surface area (TPSA) is 85.5 Å². The number of benzene rings is 1. The maximum atomic E-state index is 11.9. The third-order valence-corrected chi connectivity index (χ3v) is 3.71. The molecule has 1 aromatic carbocycles. The van der Waals surface area contributed by atoms with Crippen molar-refractivity contribution < 1.29 is 9.59 Å². The Labute approximate surface area is 148 Å². The van der Waals surface area contributed by atoms with E-state index < -0.39 is 0 Å². The van der Waals surface area contributed by atoms with E-state index in [1.54, 1.807) is 7.05 Å². The summed E-state index contributed by atoms with van der Waals surface area (Å²) in [7, 11) is 3.51. The number of nitrogens with zero attached hydrogens (tertiary/aromatic N) is 1. The van der Waals surface area contributed by atoms with Crippen molar-refractivity contribution in [2.45, 2.75) is 6.54 Å². The number of hydrogen-bond acceptors (Lipinski definition) is 4. The van der Waals surface area contributed by atoms with E-state index >= 15 is 0 Å². The first-order valence-corrected chi connectivity index (χ1v) is 8.18. The van der Waals surface area contributed by atoms with Crippen LogP contribution in [-0.4, -0.2) is 50.6 Å². The van der Waals surface area contributed by atoms with Gasteiger partial charge in [0.15, 0.2) is 0 Å². The van der Waals surface area contributed by atoms with Gasteiger partial charge in [0.1, 0.15) is 0 Å². The van der Waals surface area contributed by atoms with Crippen molar-refractivity contribution in [2.75, 3.05) is 39.0 Å². The predicted octanol–water partition coefficient (Wildman–Crippen LogP) is 1.03. The molecule has 3 amide bonds. The van der Waals surface area contributed by atoms with Crippen molar-refractivity contribution in [1.29, 1.82) is 0 Å². The summed E-state index contributed by atoms with van der Waals surface area (Å²) >= 11 is 0. The Morgan fingerprint density at radius 2 is 2.00 bits per heavy atom. The average molecular weight is 343 g/mol. The standard InChI is InChI=1S/C18H25N5O2/c1-19-17(24)13-23(2)12-15-3-5-16(6-4-15)22-18(25)21-11-14-7-9-20-10-8-14/h3-9,20H,10-13H2,1-2H3,(H,19,24)(H2,21,22,25). The zero-order chi connectivity index (χ0) is 18.1. The molecule has 0 fully saturated rings. The first-order chi connectivity index (χ1) is 12.1. The smallest absolute Gasteiger partial charge is 0.319 e. The van der Waals surface area contributed by atoms with Crippen LogP contribution in [0.4, 0.5) is 10.5 Å². The Balaban J connectivity index is 1.77. The average Bonchev–Trinajstić information content (AvgIpc) is 2.62.